The molecule has 4 heterocycles. The highest BCUT2D eigenvalue weighted by Crippen LogP contribution is 2.60. The average molecular weight is 605 g/mol. The van der Waals surface area contributed by atoms with Crippen molar-refractivity contribution in [3.05, 3.63) is 92.8 Å². The summed E-state index contributed by atoms with van der Waals surface area (Å²) >= 11 is 12.7. The highest BCUT2D eigenvalue weighted by molar-refractivity contribution is 6.31. The summed E-state index contributed by atoms with van der Waals surface area (Å²) in [6.45, 7) is 0.724. The van der Waals surface area contributed by atoms with Gasteiger partial charge in [0.15, 0.2) is 0 Å². The summed E-state index contributed by atoms with van der Waals surface area (Å²) in [5, 5.41) is 19.1. The number of likely N-dealkylation sites (tertiary alicyclic amines) is 1. The lowest BCUT2D eigenvalue weighted by Gasteiger charge is -2.47. The number of nitrogens with one attached hydrogen (secondary N) is 1. The third-order valence-electron chi connectivity index (χ3n) is 10.1. The molecule has 10 heteroatoms. The van der Waals surface area contributed by atoms with Crippen molar-refractivity contribution in [2.75, 3.05) is 11.9 Å². The molecule has 1 amide bonds. The van der Waals surface area contributed by atoms with Gasteiger partial charge in [-0.25, -0.2) is 9.18 Å². The second-order valence-electron chi connectivity index (χ2n) is 12.1. The maximum Gasteiger partial charge on any atom is 0.335 e. The van der Waals surface area contributed by atoms with Crippen LogP contribution in [0.2, 0.25) is 10.0 Å². The second kappa shape index (κ2) is 9.27. The number of aromatic nitrogens is 2. The molecule has 214 valence electrons. The molecule has 1 saturated heterocycles. The molecule has 1 saturated carbocycles. The maximum atomic E-state index is 16.1. The van der Waals surface area contributed by atoms with Gasteiger partial charge in [-0.2, -0.15) is 5.10 Å². The van der Waals surface area contributed by atoms with E-state index in [9.17, 15) is 14.7 Å². The van der Waals surface area contributed by atoms with E-state index in [0.29, 0.717) is 40.5 Å². The van der Waals surface area contributed by atoms with Gasteiger partial charge in [0.25, 0.3) is 0 Å². The molecule has 2 N–H and O–H groups in total. The van der Waals surface area contributed by atoms with E-state index in [1.807, 2.05) is 22.9 Å². The zero-order valence-corrected chi connectivity index (χ0v) is 24.0. The van der Waals surface area contributed by atoms with Gasteiger partial charge in [0.1, 0.15) is 11.4 Å². The summed E-state index contributed by atoms with van der Waals surface area (Å²) in [6.07, 6.45) is 4.36. The highest BCUT2D eigenvalue weighted by Gasteiger charge is 2.67. The second-order valence-corrected chi connectivity index (χ2v) is 13.0. The molecule has 1 spiro atoms. The Morgan fingerprint density at radius 3 is 2.74 bits per heavy atom. The van der Waals surface area contributed by atoms with Gasteiger partial charge in [0.2, 0.25) is 5.91 Å². The van der Waals surface area contributed by atoms with Crippen LogP contribution in [0.4, 0.5) is 10.1 Å². The van der Waals surface area contributed by atoms with Crippen LogP contribution in [-0.4, -0.2) is 49.8 Å². The number of carboxylic acids is 1. The fourth-order valence-electron chi connectivity index (χ4n) is 8.00. The first kappa shape index (κ1) is 26.2. The van der Waals surface area contributed by atoms with Crippen LogP contribution in [-0.2, 0) is 17.6 Å². The number of benzene rings is 3. The number of amides is 1. The Bertz CT molecular complexity index is 1820. The molecular weight excluding hydrogens is 578 g/mol. The lowest BCUT2D eigenvalue weighted by atomic mass is 9.71. The first-order valence-corrected chi connectivity index (χ1v) is 15.1. The van der Waals surface area contributed by atoms with Crippen LogP contribution in [0.25, 0.3) is 10.9 Å². The first-order chi connectivity index (χ1) is 20.3. The quantitative estimate of drug-likeness (QED) is 0.278. The molecular formula is C32H27Cl2FN4O3. The number of carbonyl (C=O) groups excluding carboxylic acids is 1. The molecule has 4 aliphatic rings. The lowest BCUT2D eigenvalue weighted by Crippen LogP contribution is -2.62. The summed E-state index contributed by atoms with van der Waals surface area (Å²) in [4.78, 5) is 28.6. The molecule has 4 aromatic rings. The third-order valence-corrected chi connectivity index (χ3v) is 10.6. The SMILES string of the molecule is O=C(O)c1ccc2c3n(nc2c1)[C@@H]1[C@H](C3)N(CC2CCC2)[C@]2(Cc3ccc(Cl)cc3NC2=O)[C@H]1c1cccc(Cl)c1F. The van der Waals surface area contributed by atoms with E-state index >= 15 is 4.39 Å². The number of halogens is 3. The molecule has 2 fully saturated rings. The fraction of sp³-hybridized carbons (Fsp3) is 0.344. The van der Waals surface area contributed by atoms with E-state index in [-0.39, 0.29) is 28.6 Å². The zero-order valence-electron chi connectivity index (χ0n) is 22.5. The Kier molecular flexibility index (Phi) is 5.78. The normalized spacial score (nSPS) is 26.6. The standard InChI is InChI=1S/C32H27Cl2FN4O3/c33-19-9-7-18-14-32(31(42)36-23(18)12-19)27(21-5-2-6-22(34)28(21)35)29-26(38(32)15-16-3-1-4-16)13-25-20-10-8-17(30(40)41)11-24(20)37-39(25)29/h2,5-12,16,26-27,29H,1,3-4,13-15H2,(H,36,42)(H,40,41)/t26-,27-,29+,32+/m0/s1. The molecule has 8 rings (SSSR count). The smallest absolute Gasteiger partial charge is 0.335 e. The van der Waals surface area contributed by atoms with E-state index in [0.717, 1.165) is 42.5 Å². The Balaban J connectivity index is 1.37. The van der Waals surface area contributed by atoms with Crippen LogP contribution in [0.15, 0.2) is 54.6 Å². The van der Waals surface area contributed by atoms with Crippen molar-refractivity contribution in [3.8, 4) is 0 Å². The summed E-state index contributed by atoms with van der Waals surface area (Å²) in [5.41, 5.74) is 2.62. The van der Waals surface area contributed by atoms with Gasteiger partial charge in [-0.15, -0.1) is 0 Å². The Morgan fingerprint density at radius 1 is 1.14 bits per heavy atom. The summed E-state index contributed by atoms with van der Waals surface area (Å²) in [7, 11) is 0. The average Bonchev–Trinajstić information content (AvgIpc) is 3.54. The highest BCUT2D eigenvalue weighted by atomic mass is 35.5. The number of nitrogens with zero attached hydrogens (tertiary/aromatic N) is 3. The molecule has 42 heavy (non-hydrogen) atoms. The largest absolute Gasteiger partial charge is 0.478 e. The lowest BCUT2D eigenvalue weighted by molar-refractivity contribution is -0.129. The topological polar surface area (TPSA) is 87.5 Å². The summed E-state index contributed by atoms with van der Waals surface area (Å²) in [5.74, 6) is -1.89. The van der Waals surface area contributed by atoms with E-state index in [1.165, 1.54) is 6.07 Å². The van der Waals surface area contributed by atoms with Crippen molar-refractivity contribution in [1.29, 1.82) is 0 Å². The number of carboxylic acid groups (broad SMARTS) is 1. The minimum Gasteiger partial charge on any atom is -0.478 e. The van der Waals surface area contributed by atoms with Crippen molar-refractivity contribution < 1.29 is 19.1 Å². The fourth-order valence-corrected chi connectivity index (χ4v) is 8.35. The molecule has 4 atom stereocenters. The molecule has 1 aliphatic carbocycles. The summed E-state index contributed by atoms with van der Waals surface area (Å²) < 4.78 is 18.1. The number of aromatic carboxylic acids is 1. The van der Waals surface area contributed by atoms with Crippen molar-refractivity contribution >= 4 is 51.7 Å². The predicted octanol–water partition coefficient (Wildman–Crippen LogP) is 6.48. The number of hydrogen-bond donors (Lipinski definition) is 2. The van der Waals surface area contributed by atoms with Gasteiger partial charge in [0, 0.05) is 53.1 Å². The van der Waals surface area contributed by atoms with Crippen LogP contribution in [0.3, 0.4) is 0 Å². The number of hydrogen-bond acceptors (Lipinski definition) is 4. The number of carbonyl (C=O) groups is 2. The van der Waals surface area contributed by atoms with Crippen LogP contribution in [0, 0.1) is 11.7 Å². The van der Waals surface area contributed by atoms with Gasteiger partial charge in [-0.1, -0.05) is 53.9 Å². The van der Waals surface area contributed by atoms with E-state index in [2.05, 4.69) is 10.2 Å². The van der Waals surface area contributed by atoms with Gasteiger partial charge in [-0.3, -0.25) is 14.4 Å². The van der Waals surface area contributed by atoms with Gasteiger partial charge in [0.05, 0.1) is 22.1 Å². The minimum absolute atomic E-state index is 0.00925. The van der Waals surface area contributed by atoms with Crippen LogP contribution in [0.1, 0.15) is 58.4 Å². The molecule has 0 radical (unpaired) electrons. The van der Waals surface area contributed by atoms with Gasteiger partial charge >= 0.3 is 5.97 Å². The number of fused-ring (bicyclic) bond motifs is 6. The van der Waals surface area contributed by atoms with E-state index in [4.69, 9.17) is 28.3 Å². The van der Waals surface area contributed by atoms with Gasteiger partial charge in [-0.05, 0) is 60.2 Å². The van der Waals surface area contributed by atoms with E-state index in [1.54, 1.807) is 30.3 Å². The van der Waals surface area contributed by atoms with Crippen LogP contribution < -0.4 is 5.32 Å². The maximum absolute atomic E-state index is 16.1. The van der Waals surface area contributed by atoms with Crippen molar-refractivity contribution in [2.45, 2.75) is 55.6 Å². The first-order valence-electron chi connectivity index (χ1n) is 14.3. The van der Waals surface area contributed by atoms with Crippen molar-refractivity contribution in [2.24, 2.45) is 5.92 Å². The molecule has 3 aliphatic heterocycles. The Labute approximate surface area is 251 Å². The van der Waals surface area contributed by atoms with Crippen LogP contribution in [0.5, 0.6) is 0 Å². The Hall–Kier alpha value is -3.46. The monoisotopic (exact) mass is 604 g/mol. The van der Waals surface area contributed by atoms with Crippen molar-refractivity contribution in [3.63, 3.8) is 0 Å². The Morgan fingerprint density at radius 2 is 1.98 bits per heavy atom. The molecule has 1 aromatic heterocycles. The summed E-state index contributed by atoms with van der Waals surface area (Å²) in [6, 6.07) is 15.1. The van der Waals surface area contributed by atoms with Crippen LogP contribution >= 0.6 is 23.2 Å². The molecule has 0 unspecified atom stereocenters. The number of anilines is 1. The van der Waals surface area contributed by atoms with Crippen molar-refractivity contribution in [1.82, 2.24) is 14.7 Å². The predicted molar refractivity (Wildman–Crippen MR) is 158 cm³/mol. The molecule has 7 nitrogen and oxygen atoms in total. The molecule has 3 aromatic carbocycles. The third kappa shape index (κ3) is 3.58. The van der Waals surface area contributed by atoms with E-state index < -0.39 is 23.2 Å². The number of rotatable bonds is 4. The van der Waals surface area contributed by atoms with Gasteiger partial charge < -0.3 is 10.4 Å². The minimum atomic E-state index is -1.10. The zero-order chi connectivity index (χ0) is 28.9. The molecule has 0 bridgehead atoms.